The molecule has 3 aromatic rings. The molecule has 0 amide bonds. The summed E-state index contributed by atoms with van der Waals surface area (Å²) in [4.78, 5) is 34.2. The molecule has 7 heteroatoms. The Hall–Kier alpha value is -3.35. The molecule has 0 atom stereocenters. The van der Waals surface area contributed by atoms with Crippen molar-refractivity contribution in [1.82, 2.24) is 9.97 Å². The number of Topliss-reactive ketones (excluding diaryl/α,β-unsaturated/α-hetero) is 1. The standard InChI is InChI=1S/C26H29N3O4/c1-25(2,3)33-24(31)21-5-4-18(29-10-7-26(8-11-29)14-19(30)15-26)13-22(21)32-20-12-17-6-9-27-23(17)28-16-20/h4-6,9,12-13,16H,7-8,10-11,14-15H2,1-3H3,(H,27,28). The molecule has 0 unspecified atom stereocenters. The molecule has 1 saturated carbocycles. The zero-order chi connectivity index (χ0) is 23.2. The van der Waals surface area contributed by atoms with Gasteiger partial charge in [-0.15, -0.1) is 0 Å². The third kappa shape index (κ3) is 4.45. The summed E-state index contributed by atoms with van der Waals surface area (Å²) in [6, 6.07) is 9.45. The van der Waals surface area contributed by atoms with E-state index in [0.717, 1.165) is 55.5 Å². The first-order valence-corrected chi connectivity index (χ1v) is 11.4. The highest BCUT2D eigenvalue weighted by atomic mass is 16.6. The number of aromatic amines is 1. The average Bonchev–Trinajstić information content (AvgIpc) is 3.20. The Morgan fingerprint density at radius 2 is 1.88 bits per heavy atom. The first kappa shape index (κ1) is 21.5. The Balaban J connectivity index is 1.42. The Labute approximate surface area is 193 Å². The van der Waals surface area contributed by atoms with Crippen LogP contribution in [0.1, 0.15) is 56.8 Å². The molecule has 1 spiro atoms. The lowest BCUT2D eigenvalue weighted by Crippen LogP contribution is -2.47. The number of anilines is 1. The largest absolute Gasteiger partial charge is 0.456 e. The lowest BCUT2D eigenvalue weighted by Gasteiger charge is -2.47. The number of H-pyrrole nitrogens is 1. The minimum atomic E-state index is -0.611. The molecule has 1 aliphatic heterocycles. The average molecular weight is 448 g/mol. The molecular weight excluding hydrogens is 418 g/mol. The van der Waals surface area contributed by atoms with E-state index in [1.165, 1.54) is 0 Å². The Kier molecular flexibility index (Phi) is 5.15. The van der Waals surface area contributed by atoms with E-state index >= 15 is 0 Å². The predicted molar refractivity (Wildman–Crippen MR) is 126 cm³/mol. The number of esters is 1. The maximum atomic E-state index is 12.9. The minimum absolute atomic E-state index is 0.209. The van der Waals surface area contributed by atoms with Gasteiger partial charge in [-0.1, -0.05) is 0 Å². The molecule has 172 valence electrons. The minimum Gasteiger partial charge on any atom is -0.456 e. The van der Waals surface area contributed by atoms with Gasteiger partial charge in [0.05, 0.1) is 6.20 Å². The van der Waals surface area contributed by atoms with E-state index in [4.69, 9.17) is 9.47 Å². The molecule has 0 bridgehead atoms. The summed E-state index contributed by atoms with van der Waals surface area (Å²) < 4.78 is 11.8. The van der Waals surface area contributed by atoms with E-state index in [9.17, 15) is 9.59 Å². The zero-order valence-corrected chi connectivity index (χ0v) is 19.3. The van der Waals surface area contributed by atoms with Gasteiger partial charge in [-0.05, 0) is 63.3 Å². The van der Waals surface area contributed by atoms with Crippen LogP contribution in [0.15, 0.2) is 42.7 Å². The number of pyridine rings is 1. The van der Waals surface area contributed by atoms with Crippen LogP contribution in [0, 0.1) is 5.41 Å². The van der Waals surface area contributed by atoms with Crippen LogP contribution in [0.5, 0.6) is 11.5 Å². The second-order valence-corrected chi connectivity index (χ2v) is 10.3. The summed E-state index contributed by atoms with van der Waals surface area (Å²) >= 11 is 0. The number of carbonyl (C=O) groups excluding carboxylic acids is 2. The summed E-state index contributed by atoms with van der Waals surface area (Å²) in [5, 5.41) is 0.929. The normalized spacial score (nSPS) is 17.8. The highest BCUT2D eigenvalue weighted by Gasteiger charge is 2.45. The van der Waals surface area contributed by atoms with Crippen LogP contribution in [0.25, 0.3) is 11.0 Å². The second kappa shape index (κ2) is 7.90. The Morgan fingerprint density at radius 3 is 2.58 bits per heavy atom. The quantitative estimate of drug-likeness (QED) is 0.549. The Bertz CT molecular complexity index is 1210. The lowest BCUT2D eigenvalue weighted by molar-refractivity contribution is -0.133. The number of ether oxygens (including phenoxy) is 2. The third-order valence-corrected chi connectivity index (χ3v) is 6.52. The summed E-state index contributed by atoms with van der Waals surface area (Å²) in [7, 11) is 0. The fourth-order valence-electron chi connectivity index (χ4n) is 4.77. The van der Waals surface area contributed by atoms with Crippen molar-refractivity contribution < 1.29 is 19.1 Å². The molecule has 33 heavy (non-hydrogen) atoms. The number of carbonyl (C=O) groups is 2. The number of nitrogens with zero attached hydrogens (tertiary/aromatic N) is 2. The van der Waals surface area contributed by atoms with Crippen molar-refractivity contribution in [2.75, 3.05) is 18.0 Å². The van der Waals surface area contributed by atoms with Crippen LogP contribution in [0.2, 0.25) is 0 Å². The molecule has 0 radical (unpaired) electrons. The van der Waals surface area contributed by atoms with Gasteiger partial charge in [-0.25, -0.2) is 9.78 Å². The Morgan fingerprint density at radius 1 is 1.12 bits per heavy atom. The van der Waals surface area contributed by atoms with Crippen molar-refractivity contribution in [3.63, 3.8) is 0 Å². The molecular formula is C26H29N3O4. The summed E-state index contributed by atoms with van der Waals surface area (Å²) in [5.74, 6) is 0.950. The molecule has 2 aliphatic rings. The molecule has 1 N–H and O–H groups in total. The van der Waals surface area contributed by atoms with Gasteiger partial charge in [-0.3, -0.25) is 4.79 Å². The SMILES string of the molecule is CC(C)(C)OC(=O)c1ccc(N2CCC3(CC2)CC(=O)C3)cc1Oc1cnc2[nH]ccc2c1. The van der Waals surface area contributed by atoms with Gasteiger partial charge in [0.1, 0.15) is 34.1 Å². The lowest BCUT2D eigenvalue weighted by atomic mass is 9.62. The molecule has 1 saturated heterocycles. The molecule has 3 heterocycles. The summed E-state index contributed by atoms with van der Waals surface area (Å²) in [6.07, 6.45) is 6.94. The number of nitrogens with one attached hydrogen (secondary N) is 1. The summed E-state index contributed by atoms with van der Waals surface area (Å²) in [6.45, 7) is 7.31. The van der Waals surface area contributed by atoms with Gasteiger partial charge in [0.15, 0.2) is 0 Å². The molecule has 2 fully saturated rings. The molecule has 1 aromatic carbocycles. The maximum Gasteiger partial charge on any atom is 0.342 e. The zero-order valence-electron chi connectivity index (χ0n) is 19.3. The number of rotatable bonds is 4. The highest BCUT2D eigenvalue weighted by molar-refractivity contribution is 5.93. The van der Waals surface area contributed by atoms with Crippen molar-refractivity contribution in [2.45, 2.75) is 52.1 Å². The first-order valence-electron chi connectivity index (χ1n) is 11.4. The van der Waals surface area contributed by atoms with E-state index in [0.29, 0.717) is 22.8 Å². The van der Waals surface area contributed by atoms with Gasteiger partial charge in [0.25, 0.3) is 0 Å². The van der Waals surface area contributed by atoms with Crippen LogP contribution >= 0.6 is 0 Å². The van der Waals surface area contributed by atoms with E-state index in [1.807, 2.05) is 51.2 Å². The summed E-state index contributed by atoms with van der Waals surface area (Å²) in [5.41, 5.74) is 1.75. The second-order valence-electron chi connectivity index (χ2n) is 10.3. The number of hydrogen-bond donors (Lipinski definition) is 1. The molecule has 5 rings (SSSR count). The number of aromatic nitrogens is 2. The van der Waals surface area contributed by atoms with Crippen molar-refractivity contribution in [2.24, 2.45) is 5.41 Å². The van der Waals surface area contributed by atoms with Crippen molar-refractivity contribution >= 4 is 28.5 Å². The van der Waals surface area contributed by atoms with Gasteiger partial charge in [0, 0.05) is 49.3 Å². The fourth-order valence-corrected chi connectivity index (χ4v) is 4.77. The van der Waals surface area contributed by atoms with Gasteiger partial charge in [-0.2, -0.15) is 0 Å². The van der Waals surface area contributed by atoms with E-state index in [1.54, 1.807) is 12.3 Å². The molecule has 7 nitrogen and oxygen atoms in total. The van der Waals surface area contributed by atoms with Crippen molar-refractivity contribution in [1.29, 1.82) is 0 Å². The number of benzene rings is 1. The third-order valence-electron chi connectivity index (χ3n) is 6.52. The van der Waals surface area contributed by atoms with E-state index in [-0.39, 0.29) is 5.41 Å². The number of fused-ring (bicyclic) bond motifs is 1. The number of ketones is 1. The van der Waals surface area contributed by atoms with Crippen LogP contribution in [0.3, 0.4) is 0 Å². The van der Waals surface area contributed by atoms with Crippen molar-refractivity contribution in [3.05, 3.63) is 48.3 Å². The van der Waals surface area contributed by atoms with Crippen molar-refractivity contribution in [3.8, 4) is 11.5 Å². The first-order chi connectivity index (χ1) is 15.7. The molecule has 1 aliphatic carbocycles. The van der Waals surface area contributed by atoms with Crippen LogP contribution in [0.4, 0.5) is 5.69 Å². The van der Waals surface area contributed by atoms with Gasteiger partial charge < -0.3 is 19.4 Å². The highest BCUT2D eigenvalue weighted by Crippen LogP contribution is 2.47. The van der Waals surface area contributed by atoms with Crippen LogP contribution < -0.4 is 9.64 Å². The fraction of sp³-hybridized carbons (Fsp3) is 0.423. The van der Waals surface area contributed by atoms with E-state index < -0.39 is 11.6 Å². The topological polar surface area (TPSA) is 84.5 Å². The monoisotopic (exact) mass is 447 g/mol. The van der Waals surface area contributed by atoms with Crippen LogP contribution in [-0.2, 0) is 9.53 Å². The van der Waals surface area contributed by atoms with E-state index in [2.05, 4.69) is 14.9 Å². The molecule has 2 aromatic heterocycles. The number of piperidine rings is 1. The number of hydrogen-bond acceptors (Lipinski definition) is 6. The smallest absolute Gasteiger partial charge is 0.342 e. The maximum absolute atomic E-state index is 12.9. The van der Waals surface area contributed by atoms with Gasteiger partial charge in [0.2, 0.25) is 0 Å². The van der Waals surface area contributed by atoms with Crippen LogP contribution in [-0.4, -0.2) is 40.4 Å². The van der Waals surface area contributed by atoms with Gasteiger partial charge >= 0.3 is 5.97 Å². The predicted octanol–water partition coefficient (Wildman–Crippen LogP) is 5.26.